The molecule has 0 aliphatic carbocycles. The van der Waals surface area contributed by atoms with Crippen LogP contribution in [-0.2, 0) is 0 Å². The van der Waals surface area contributed by atoms with E-state index in [9.17, 15) is 15.0 Å². The largest absolute Gasteiger partial charge is 0.507 e. The quantitative estimate of drug-likeness (QED) is 0.492. The Labute approximate surface area is 85.2 Å². The summed E-state index contributed by atoms with van der Waals surface area (Å²) in [6, 6.07) is 1.93. The fraction of sp³-hybridized carbons (Fsp3) is 0.100. The summed E-state index contributed by atoms with van der Waals surface area (Å²) in [6.07, 6.45) is 0. The Morgan fingerprint density at radius 2 is 1.93 bits per heavy atom. The molecule has 0 saturated carbocycles. The third-order valence-electron chi connectivity index (χ3n) is 1.65. The first-order valence-corrected chi connectivity index (χ1v) is 3.95. The maximum absolute atomic E-state index is 10.6. The highest BCUT2D eigenvalue weighted by Crippen LogP contribution is 2.26. The number of hydrogen-bond donors (Lipinski definition) is 4. The molecule has 5 heteroatoms. The molecule has 0 bridgehead atoms. The maximum atomic E-state index is 10.6. The van der Waals surface area contributed by atoms with E-state index in [0.717, 1.165) is 12.1 Å². The Morgan fingerprint density at radius 3 is 2.47 bits per heavy atom. The molecule has 0 heterocycles. The first-order chi connectivity index (χ1) is 7.06. The van der Waals surface area contributed by atoms with E-state index in [0.29, 0.717) is 0 Å². The zero-order valence-electron chi connectivity index (χ0n) is 7.56. The molecule has 5 nitrogen and oxygen atoms in total. The molecule has 0 aliphatic rings. The molecular formula is C10H8O5. The fourth-order valence-corrected chi connectivity index (χ4v) is 0.983. The number of phenolic OH excluding ortho intramolecular Hbond substituents is 1. The number of aliphatic hydroxyl groups is 1. The van der Waals surface area contributed by atoms with E-state index in [-0.39, 0.29) is 16.9 Å². The van der Waals surface area contributed by atoms with Gasteiger partial charge >= 0.3 is 5.97 Å². The maximum Gasteiger partial charge on any atom is 0.339 e. The van der Waals surface area contributed by atoms with Crippen molar-refractivity contribution in [2.24, 2.45) is 0 Å². The lowest BCUT2D eigenvalue weighted by atomic mass is 10.1. The van der Waals surface area contributed by atoms with Crippen LogP contribution < -0.4 is 0 Å². The van der Waals surface area contributed by atoms with Gasteiger partial charge in [0.1, 0.15) is 23.7 Å². The van der Waals surface area contributed by atoms with E-state index >= 15 is 0 Å². The first-order valence-electron chi connectivity index (χ1n) is 3.95. The molecule has 15 heavy (non-hydrogen) atoms. The molecule has 1 rings (SSSR count). The number of carboxylic acid groups (broad SMARTS) is 1. The lowest BCUT2D eigenvalue weighted by molar-refractivity contribution is 0.0693. The van der Waals surface area contributed by atoms with Crippen molar-refractivity contribution in [3.05, 3.63) is 23.3 Å². The van der Waals surface area contributed by atoms with Gasteiger partial charge < -0.3 is 20.4 Å². The molecular weight excluding hydrogens is 200 g/mol. The zero-order valence-corrected chi connectivity index (χ0v) is 7.56. The van der Waals surface area contributed by atoms with Gasteiger partial charge in [-0.25, -0.2) is 4.79 Å². The van der Waals surface area contributed by atoms with Gasteiger partial charge in [-0.05, 0) is 6.07 Å². The van der Waals surface area contributed by atoms with Gasteiger partial charge in [0.2, 0.25) is 0 Å². The molecule has 1 aromatic carbocycles. The molecule has 0 saturated heterocycles. The van der Waals surface area contributed by atoms with Crippen LogP contribution in [0.5, 0.6) is 11.5 Å². The number of carbonyl (C=O) groups is 1. The van der Waals surface area contributed by atoms with E-state index in [1.807, 2.05) is 0 Å². The van der Waals surface area contributed by atoms with Gasteiger partial charge in [0.25, 0.3) is 0 Å². The van der Waals surface area contributed by atoms with Crippen molar-refractivity contribution >= 4 is 5.97 Å². The SMILES string of the molecule is O=C(O)c1cc(C#CCO)c(O)cc1O. The summed E-state index contributed by atoms with van der Waals surface area (Å²) in [5.41, 5.74) is -0.311. The Morgan fingerprint density at radius 1 is 1.27 bits per heavy atom. The molecule has 0 atom stereocenters. The van der Waals surface area contributed by atoms with Gasteiger partial charge in [-0.3, -0.25) is 0 Å². The molecule has 0 fully saturated rings. The number of carboxylic acids is 1. The molecule has 78 valence electrons. The second kappa shape index (κ2) is 4.35. The van der Waals surface area contributed by atoms with E-state index < -0.39 is 18.3 Å². The van der Waals surface area contributed by atoms with Crippen LogP contribution in [0.1, 0.15) is 15.9 Å². The molecule has 0 unspecified atom stereocenters. The third-order valence-corrected chi connectivity index (χ3v) is 1.65. The second-order valence-electron chi connectivity index (χ2n) is 2.65. The van der Waals surface area contributed by atoms with Gasteiger partial charge in [-0.1, -0.05) is 11.8 Å². The average molecular weight is 208 g/mol. The van der Waals surface area contributed by atoms with E-state index in [4.69, 9.17) is 10.2 Å². The normalized spacial score (nSPS) is 9.13. The highest BCUT2D eigenvalue weighted by molar-refractivity contribution is 5.91. The Kier molecular flexibility index (Phi) is 3.16. The van der Waals surface area contributed by atoms with Crippen LogP contribution in [0.3, 0.4) is 0 Å². The van der Waals surface area contributed by atoms with Gasteiger partial charge in [0.05, 0.1) is 5.56 Å². The number of phenols is 2. The topological polar surface area (TPSA) is 98.0 Å². The highest BCUT2D eigenvalue weighted by Gasteiger charge is 2.12. The predicted molar refractivity (Wildman–Crippen MR) is 50.7 cm³/mol. The molecule has 0 aliphatic heterocycles. The fourth-order valence-electron chi connectivity index (χ4n) is 0.983. The summed E-state index contributed by atoms with van der Waals surface area (Å²) in [6.45, 7) is -0.400. The smallest absolute Gasteiger partial charge is 0.339 e. The summed E-state index contributed by atoms with van der Waals surface area (Å²) >= 11 is 0. The van der Waals surface area contributed by atoms with Crippen LogP contribution >= 0.6 is 0 Å². The second-order valence-corrected chi connectivity index (χ2v) is 2.65. The summed E-state index contributed by atoms with van der Waals surface area (Å²) in [4.78, 5) is 10.6. The molecule has 0 amide bonds. The van der Waals surface area contributed by atoms with Gasteiger partial charge in [-0.15, -0.1) is 0 Å². The average Bonchev–Trinajstić information content (AvgIpc) is 2.16. The van der Waals surface area contributed by atoms with Crippen molar-refractivity contribution in [3.63, 3.8) is 0 Å². The number of aliphatic hydroxyl groups excluding tert-OH is 1. The van der Waals surface area contributed by atoms with E-state index in [2.05, 4.69) is 11.8 Å². The van der Waals surface area contributed by atoms with Crippen LogP contribution in [0.15, 0.2) is 12.1 Å². The Balaban J connectivity index is 3.29. The van der Waals surface area contributed by atoms with Gasteiger partial charge in [-0.2, -0.15) is 0 Å². The van der Waals surface area contributed by atoms with Crippen LogP contribution in [0.4, 0.5) is 0 Å². The first kappa shape index (κ1) is 10.9. The standard InChI is InChI=1S/C10H8O5/c11-3-1-2-6-4-7(10(14)15)9(13)5-8(6)12/h4-5,11-13H,3H2,(H,14,15). The summed E-state index contributed by atoms with van der Waals surface area (Å²) in [7, 11) is 0. The molecule has 0 aromatic heterocycles. The van der Waals surface area contributed by atoms with Crippen molar-refractivity contribution in [3.8, 4) is 23.3 Å². The minimum absolute atomic E-state index is 0.0410. The Bertz CT molecular complexity index is 453. The molecule has 0 radical (unpaired) electrons. The van der Waals surface area contributed by atoms with Crippen LogP contribution in [0.25, 0.3) is 0 Å². The summed E-state index contributed by atoms with van der Waals surface area (Å²) < 4.78 is 0. The van der Waals surface area contributed by atoms with E-state index in [1.165, 1.54) is 0 Å². The van der Waals surface area contributed by atoms with Crippen LogP contribution in [0.2, 0.25) is 0 Å². The van der Waals surface area contributed by atoms with Gasteiger partial charge in [0, 0.05) is 6.07 Å². The van der Waals surface area contributed by atoms with Gasteiger partial charge in [0.15, 0.2) is 0 Å². The van der Waals surface area contributed by atoms with Crippen molar-refractivity contribution < 1.29 is 25.2 Å². The van der Waals surface area contributed by atoms with Crippen molar-refractivity contribution in [1.82, 2.24) is 0 Å². The highest BCUT2D eigenvalue weighted by atomic mass is 16.4. The number of aromatic carboxylic acids is 1. The number of aromatic hydroxyl groups is 2. The minimum Gasteiger partial charge on any atom is -0.507 e. The third kappa shape index (κ3) is 2.39. The lowest BCUT2D eigenvalue weighted by Gasteiger charge is -2.02. The van der Waals surface area contributed by atoms with Crippen molar-refractivity contribution in [2.75, 3.05) is 6.61 Å². The minimum atomic E-state index is -1.32. The van der Waals surface area contributed by atoms with Crippen LogP contribution in [-0.4, -0.2) is 33.0 Å². The number of rotatable bonds is 1. The zero-order chi connectivity index (χ0) is 11.4. The number of benzene rings is 1. The van der Waals surface area contributed by atoms with Crippen molar-refractivity contribution in [2.45, 2.75) is 0 Å². The predicted octanol–water partition coefficient (Wildman–Crippen LogP) is 0.140. The molecule has 4 N–H and O–H groups in total. The summed E-state index contributed by atoms with van der Waals surface area (Å²) in [5.74, 6) is 2.44. The Hall–Kier alpha value is -2.19. The van der Waals surface area contributed by atoms with E-state index in [1.54, 1.807) is 0 Å². The number of hydrogen-bond acceptors (Lipinski definition) is 4. The monoisotopic (exact) mass is 208 g/mol. The molecule has 0 spiro atoms. The lowest BCUT2D eigenvalue weighted by Crippen LogP contribution is -1.97. The summed E-state index contributed by atoms with van der Waals surface area (Å²) in [5, 5.41) is 35.6. The van der Waals surface area contributed by atoms with Crippen LogP contribution in [0, 0.1) is 11.8 Å². The van der Waals surface area contributed by atoms with Crippen molar-refractivity contribution in [1.29, 1.82) is 0 Å². The molecule has 1 aromatic rings.